The van der Waals surface area contributed by atoms with Gasteiger partial charge in [-0.25, -0.2) is 0 Å². The van der Waals surface area contributed by atoms with Crippen LogP contribution in [0.5, 0.6) is 0 Å². The Kier molecular flexibility index (Phi) is 3.15. The van der Waals surface area contributed by atoms with Gasteiger partial charge in [-0.05, 0) is 36.4 Å². The van der Waals surface area contributed by atoms with E-state index >= 15 is 0 Å². The molecule has 0 saturated carbocycles. The van der Waals surface area contributed by atoms with E-state index in [0.717, 1.165) is 22.4 Å². The fraction of sp³-hybridized carbons (Fsp3) is 0.231. The van der Waals surface area contributed by atoms with E-state index in [0.29, 0.717) is 6.42 Å². The second-order valence-corrected chi connectivity index (χ2v) is 4.64. The maximum absolute atomic E-state index is 11.9. The number of Topliss-reactive ketones (excluding diaryl/α,β-unsaturated/α-hetero) is 1. The first-order valence-corrected chi connectivity index (χ1v) is 6.08. The monoisotopic (exact) mass is 231 g/mol. The SMILES string of the molecule is Cc1ccc(CC(=O)c2cscc2C)nc1. The lowest BCUT2D eigenvalue weighted by molar-refractivity contribution is 0.0992. The summed E-state index contributed by atoms with van der Waals surface area (Å²) >= 11 is 1.57. The Hall–Kier alpha value is -1.48. The van der Waals surface area contributed by atoms with E-state index in [2.05, 4.69) is 4.98 Å². The fourth-order valence-corrected chi connectivity index (χ4v) is 2.36. The Bertz CT molecular complexity index is 499. The summed E-state index contributed by atoms with van der Waals surface area (Å²) in [5.41, 5.74) is 3.83. The summed E-state index contributed by atoms with van der Waals surface area (Å²) in [5, 5.41) is 3.90. The van der Waals surface area contributed by atoms with Crippen LogP contribution in [0, 0.1) is 13.8 Å². The van der Waals surface area contributed by atoms with Crippen LogP contribution in [0.2, 0.25) is 0 Å². The van der Waals surface area contributed by atoms with Gasteiger partial charge < -0.3 is 0 Å². The molecule has 0 aliphatic rings. The molecule has 0 N–H and O–H groups in total. The van der Waals surface area contributed by atoms with Crippen LogP contribution in [0.1, 0.15) is 27.2 Å². The van der Waals surface area contributed by atoms with Crippen molar-refractivity contribution in [1.82, 2.24) is 4.98 Å². The van der Waals surface area contributed by atoms with Gasteiger partial charge in [0, 0.05) is 22.8 Å². The van der Waals surface area contributed by atoms with Gasteiger partial charge in [0.05, 0.1) is 6.42 Å². The standard InChI is InChI=1S/C13H13NOS/c1-9-3-4-11(14-6-9)5-13(15)12-8-16-7-10(12)2/h3-4,6-8H,5H2,1-2H3. The number of hydrogen-bond acceptors (Lipinski definition) is 3. The molecule has 0 atom stereocenters. The maximum Gasteiger partial charge on any atom is 0.169 e. The van der Waals surface area contributed by atoms with Crippen molar-refractivity contribution in [3.63, 3.8) is 0 Å². The third-order valence-electron chi connectivity index (χ3n) is 2.47. The summed E-state index contributed by atoms with van der Waals surface area (Å²) in [6, 6.07) is 3.89. The second-order valence-electron chi connectivity index (χ2n) is 3.90. The molecule has 2 nitrogen and oxygen atoms in total. The summed E-state index contributed by atoms with van der Waals surface area (Å²) < 4.78 is 0. The van der Waals surface area contributed by atoms with Gasteiger partial charge in [0.2, 0.25) is 0 Å². The van der Waals surface area contributed by atoms with Gasteiger partial charge >= 0.3 is 0 Å². The van der Waals surface area contributed by atoms with Crippen LogP contribution in [0.15, 0.2) is 29.1 Å². The quantitative estimate of drug-likeness (QED) is 0.759. The van der Waals surface area contributed by atoms with Crippen LogP contribution in [-0.2, 0) is 6.42 Å². The molecule has 0 fully saturated rings. The molecule has 0 amide bonds. The van der Waals surface area contributed by atoms with E-state index < -0.39 is 0 Å². The molecule has 16 heavy (non-hydrogen) atoms. The van der Waals surface area contributed by atoms with E-state index in [-0.39, 0.29) is 5.78 Å². The summed E-state index contributed by atoms with van der Waals surface area (Å²) in [6.07, 6.45) is 2.18. The average molecular weight is 231 g/mol. The van der Waals surface area contributed by atoms with Crippen molar-refractivity contribution in [2.45, 2.75) is 20.3 Å². The summed E-state index contributed by atoms with van der Waals surface area (Å²) in [6.45, 7) is 3.95. The van der Waals surface area contributed by atoms with Crippen LogP contribution >= 0.6 is 11.3 Å². The third kappa shape index (κ3) is 2.36. The number of pyridine rings is 1. The number of hydrogen-bond donors (Lipinski definition) is 0. The van der Waals surface area contributed by atoms with Gasteiger partial charge in [-0.1, -0.05) is 6.07 Å². The first kappa shape index (κ1) is 11.0. The van der Waals surface area contributed by atoms with Gasteiger partial charge in [0.15, 0.2) is 5.78 Å². The fourth-order valence-electron chi connectivity index (χ4n) is 1.51. The molecule has 0 saturated heterocycles. The van der Waals surface area contributed by atoms with E-state index in [9.17, 15) is 4.79 Å². The molecule has 0 aromatic carbocycles. The smallest absolute Gasteiger partial charge is 0.169 e. The van der Waals surface area contributed by atoms with Crippen LogP contribution < -0.4 is 0 Å². The van der Waals surface area contributed by atoms with Crippen LogP contribution in [0.25, 0.3) is 0 Å². The lowest BCUT2D eigenvalue weighted by Crippen LogP contribution is -2.05. The lowest BCUT2D eigenvalue weighted by Gasteiger charge is -2.00. The number of rotatable bonds is 3. The molecular formula is C13H13NOS. The van der Waals surface area contributed by atoms with E-state index in [1.54, 1.807) is 17.5 Å². The van der Waals surface area contributed by atoms with Crippen molar-refractivity contribution in [1.29, 1.82) is 0 Å². The zero-order valence-electron chi connectivity index (χ0n) is 9.36. The van der Waals surface area contributed by atoms with Gasteiger partial charge in [0.1, 0.15) is 0 Å². The van der Waals surface area contributed by atoms with E-state index in [4.69, 9.17) is 0 Å². The zero-order chi connectivity index (χ0) is 11.5. The van der Waals surface area contributed by atoms with Crippen molar-refractivity contribution < 1.29 is 4.79 Å². The molecule has 0 radical (unpaired) electrons. The van der Waals surface area contributed by atoms with Crippen molar-refractivity contribution in [3.8, 4) is 0 Å². The number of nitrogens with zero attached hydrogens (tertiary/aromatic N) is 1. The third-order valence-corrected chi connectivity index (χ3v) is 3.33. The van der Waals surface area contributed by atoms with E-state index in [1.807, 2.05) is 36.7 Å². The average Bonchev–Trinajstić information content (AvgIpc) is 2.68. The molecule has 2 aromatic rings. The Labute approximate surface area is 99.0 Å². The largest absolute Gasteiger partial charge is 0.294 e. The molecule has 0 aliphatic heterocycles. The van der Waals surface area contributed by atoms with Gasteiger partial charge in [-0.2, -0.15) is 11.3 Å². The van der Waals surface area contributed by atoms with Gasteiger partial charge in [0.25, 0.3) is 0 Å². The highest BCUT2D eigenvalue weighted by Crippen LogP contribution is 2.16. The molecule has 3 heteroatoms. The molecule has 2 aromatic heterocycles. The van der Waals surface area contributed by atoms with Crippen molar-refractivity contribution in [2.24, 2.45) is 0 Å². The highest BCUT2D eigenvalue weighted by Gasteiger charge is 2.11. The van der Waals surface area contributed by atoms with Crippen molar-refractivity contribution in [2.75, 3.05) is 0 Å². The number of aromatic nitrogens is 1. The summed E-state index contributed by atoms with van der Waals surface area (Å²) in [7, 11) is 0. The highest BCUT2D eigenvalue weighted by atomic mass is 32.1. The summed E-state index contributed by atoms with van der Waals surface area (Å²) in [4.78, 5) is 16.2. The maximum atomic E-state index is 11.9. The first-order chi connectivity index (χ1) is 7.66. The number of aryl methyl sites for hydroxylation is 2. The Morgan fingerprint density at radius 1 is 1.31 bits per heavy atom. The second kappa shape index (κ2) is 4.58. The predicted molar refractivity (Wildman–Crippen MR) is 66.1 cm³/mol. The minimum absolute atomic E-state index is 0.148. The van der Waals surface area contributed by atoms with Crippen LogP contribution in [0.4, 0.5) is 0 Å². The lowest BCUT2D eigenvalue weighted by atomic mass is 10.1. The first-order valence-electron chi connectivity index (χ1n) is 5.14. The molecule has 0 bridgehead atoms. The van der Waals surface area contributed by atoms with Crippen molar-refractivity contribution in [3.05, 3.63) is 51.5 Å². The Balaban J connectivity index is 2.14. The topological polar surface area (TPSA) is 30.0 Å². The molecule has 82 valence electrons. The zero-order valence-corrected chi connectivity index (χ0v) is 10.2. The number of thiophene rings is 1. The normalized spacial score (nSPS) is 10.4. The minimum atomic E-state index is 0.148. The molecule has 2 rings (SSSR count). The van der Waals surface area contributed by atoms with E-state index in [1.165, 1.54) is 0 Å². The van der Waals surface area contributed by atoms with Crippen molar-refractivity contribution >= 4 is 17.1 Å². The summed E-state index contributed by atoms with van der Waals surface area (Å²) in [5.74, 6) is 0.148. The number of carbonyl (C=O) groups excluding carboxylic acids is 1. The number of ketones is 1. The Morgan fingerprint density at radius 3 is 2.69 bits per heavy atom. The molecule has 0 aliphatic carbocycles. The van der Waals surface area contributed by atoms with Crippen LogP contribution in [0.3, 0.4) is 0 Å². The molecule has 0 unspecified atom stereocenters. The van der Waals surface area contributed by atoms with Gasteiger partial charge in [-0.3, -0.25) is 9.78 Å². The van der Waals surface area contributed by atoms with Crippen LogP contribution in [-0.4, -0.2) is 10.8 Å². The number of carbonyl (C=O) groups is 1. The Morgan fingerprint density at radius 2 is 2.12 bits per heavy atom. The molecule has 0 spiro atoms. The molecular weight excluding hydrogens is 218 g/mol. The highest BCUT2D eigenvalue weighted by molar-refractivity contribution is 7.08. The molecule has 2 heterocycles. The van der Waals surface area contributed by atoms with Gasteiger partial charge in [-0.15, -0.1) is 0 Å². The predicted octanol–water partition coefficient (Wildman–Crippen LogP) is 3.19. The minimum Gasteiger partial charge on any atom is -0.294 e.